The first-order chi connectivity index (χ1) is 15.3. The Morgan fingerprint density at radius 1 is 1.22 bits per heavy atom. The van der Waals surface area contributed by atoms with E-state index < -0.39 is 0 Å². The molecule has 5 rings (SSSR count). The maximum atomic E-state index is 10.6. The summed E-state index contributed by atoms with van der Waals surface area (Å²) in [5, 5.41) is 34.4. The Balaban J connectivity index is 1.35. The smallest absolute Gasteiger partial charge is 0.185 e. The summed E-state index contributed by atoms with van der Waals surface area (Å²) in [7, 11) is 2.06. The molecule has 0 unspecified atom stereocenters. The fourth-order valence-corrected chi connectivity index (χ4v) is 5.89. The first-order valence-electron chi connectivity index (χ1n) is 10.7. The van der Waals surface area contributed by atoms with Gasteiger partial charge >= 0.3 is 0 Å². The van der Waals surface area contributed by atoms with Crippen molar-refractivity contribution in [1.82, 2.24) is 25.5 Å². The van der Waals surface area contributed by atoms with Crippen LogP contribution in [0.25, 0.3) is 22.0 Å². The van der Waals surface area contributed by atoms with Gasteiger partial charge in [0.1, 0.15) is 16.8 Å². The number of phenolic OH excluding ortho intramolecular Hbond substituents is 1. The first kappa shape index (κ1) is 20.8. The summed E-state index contributed by atoms with van der Waals surface area (Å²) in [5.41, 5.74) is 1.96. The third kappa shape index (κ3) is 3.70. The van der Waals surface area contributed by atoms with E-state index in [0.29, 0.717) is 28.1 Å². The zero-order valence-electron chi connectivity index (χ0n) is 18.3. The van der Waals surface area contributed by atoms with Gasteiger partial charge in [0, 0.05) is 35.1 Å². The van der Waals surface area contributed by atoms with Crippen molar-refractivity contribution in [2.75, 3.05) is 11.9 Å². The monoisotopic (exact) mass is 447 g/mol. The van der Waals surface area contributed by atoms with Gasteiger partial charge in [-0.1, -0.05) is 6.07 Å². The number of fused-ring (bicyclic) bond motifs is 2. The minimum Gasteiger partial charge on any atom is -0.507 e. The molecule has 2 saturated heterocycles. The topological polar surface area (TPSA) is 111 Å². The summed E-state index contributed by atoms with van der Waals surface area (Å²) in [6.45, 7) is 4.62. The van der Waals surface area contributed by atoms with Crippen molar-refractivity contribution >= 4 is 17.2 Å². The van der Waals surface area contributed by atoms with Crippen LogP contribution >= 0.6 is 11.3 Å². The van der Waals surface area contributed by atoms with Crippen LogP contribution in [0.4, 0.5) is 5.82 Å². The van der Waals surface area contributed by atoms with Gasteiger partial charge in [-0.3, -0.25) is 0 Å². The third-order valence-corrected chi connectivity index (χ3v) is 7.66. The second-order valence-electron chi connectivity index (χ2n) is 9.44. The van der Waals surface area contributed by atoms with E-state index in [1.807, 2.05) is 12.1 Å². The molecule has 2 N–H and O–H groups in total. The maximum Gasteiger partial charge on any atom is 0.185 e. The molecule has 0 aliphatic carbocycles. The van der Waals surface area contributed by atoms with Crippen LogP contribution in [0.5, 0.6) is 5.75 Å². The molecule has 0 saturated carbocycles. The highest BCUT2D eigenvalue weighted by atomic mass is 32.1. The highest BCUT2D eigenvalue weighted by molar-refractivity contribution is 7.13. The van der Waals surface area contributed by atoms with Crippen LogP contribution in [0.2, 0.25) is 0 Å². The second kappa shape index (κ2) is 7.50. The predicted molar refractivity (Wildman–Crippen MR) is 123 cm³/mol. The Morgan fingerprint density at radius 2 is 1.97 bits per heavy atom. The van der Waals surface area contributed by atoms with Crippen LogP contribution in [0.1, 0.15) is 45.2 Å². The number of rotatable bonds is 4. The van der Waals surface area contributed by atoms with Crippen LogP contribution in [0.15, 0.2) is 29.8 Å². The summed E-state index contributed by atoms with van der Waals surface area (Å²) in [6.07, 6.45) is 6.25. The SMILES string of the molecule is CN(c1cnc(-c2ccc(-c3nc(C#N)cs3)cc2O)nn1)[C@H]1C[C@]2(C)CC[C@](C)(C1)N2. The highest BCUT2D eigenvalue weighted by Gasteiger charge is 2.49. The first-order valence-corrected chi connectivity index (χ1v) is 11.6. The lowest BCUT2D eigenvalue weighted by molar-refractivity contribution is 0.207. The number of aromatic hydroxyl groups is 1. The summed E-state index contributed by atoms with van der Waals surface area (Å²) in [6, 6.07) is 7.60. The largest absolute Gasteiger partial charge is 0.507 e. The van der Waals surface area contributed by atoms with Crippen molar-refractivity contribution in [3.8, 4) is 33.8 Å². The zero-order valence-corrected chi connectivity index (χ0v) is 19.1. The van der Waals surface area contributed by atoms with Gasteiger partial charge in [0.05, 0.1) is 11.8 Å². The van der Waals surface area contributed by atoms with Gasteiger partial charge in [0.15, 0.2) is 17.3 Å². The van der Waals surface area contributed by atoms with Crippen LogP contribution < -0.4 is 10.2 Å². The molecule has 2 aromatic heterocycles. The summed E-state index contributed by atoms with van der Waals surface area (Å²) in [5.74, 6) is 1.15. The molecule has 0 spiro atoms. The number of piperidine rings is 1. The van der Waals surface area contributed by atoms with Crippen LogP contribution in [-0.2, 0) is 0 Å². The van der Waals surface area contributed by atoms with E-state index in [1.165, 1.54) is 24.2 Å². The standard InChI is InChI=1S/C23H25N7OS/c1-22-6-7-23(2,29-22)10-16(9-22)30(3)19-12-25-20(28-27-19)17-5-4-14(8-18(17)31)21-26-15(11-24)13-32-21/h4-5,8,12-13,16,29,31H,6-7,9-10H2,1-3H3/t16-,22-,23+. The summed E-state index contributed by atoms with van der Waals surface area (Å²) >= 11 is 1.36. The minimum atomic E-state index is 0.0508. The van der Waals surface area contributed by atoms with Crippen molar-refractivity contribution in [3.63, 3.8) is 0 Å². The third-order valence-electron chi connectivity index (χ3n) is 6.77. The molecule has 9 heteroatoms. The molecule has 8 nitrogen and oxygen atoms in total. The molecule has 32 heavy (non-hydrogen) atoms. The van der Waals surface area contributed by atoms with Gasteiger partial charge in [-0.15, -0.1) is 21.5 Å². The second-order valence-corrected chi connectivity index (χ2v) is 10.3. The fraction of sp³-hybridized carbons (Fsp3) is 0.435. The number of aromatic nitrogens is 4. The van der Waals surface area contributed by atoms with E-state index in [9.17, 15) is 5.11 Å². The average molecular weight is 448 g/mol. The molecular formula is C23H25N7OS. The highest BCUT2D eigenvalue weighted by Crippen LogP contribution is 2.43. The van der Waals surface area contributed by atoms with E-state index in [1.54, 1.807) is 23.7 Å². The van der Waals surface area contributed by atoms with E-state index in [4.69, 9.17) is 5.26 Å². The average Bonchev–Trinajstić information content (AvgIpc) is 3.34. The van der Waals surface area contributed by atoms with Gasteiger partial charge in [0.2, 0.25) is 0 Å². The molecule has 0 amide bonds. The van der Waals surface area contributed by atoms with E-state index >= 15 is 0 Å². The van der Waals surface area contributed by atoms with Gasteiger partial charge < -0.3 is 15.3 Å². The lowest BCUT2D eigenvalue weighted by atomic mass is 9.84. The number of phenols is 1. The Labute approximate surface area is 191 Å². The molecule has 2 aliphatic heterocycles. The lowest BCUT2D eigenvalue weighted by Crippen LogP contribution is -2.58. The van der Waals surface area contributed by atoms with Crippen LogP contribution in [-0.4, -0.2) is 49.4 Å². The molecule has 1 aromatic carbocycles. The van der Waals surface area contributed by atoms with Gasteiger partial charge in [-0.2, -0.15) is 5.26 Å². The minimum absolute atomic E-state index is 0.0508. The molecule has 164 valence electrons. The Kier molecular flexibility index (Phi) is 4.87. The van der Waals surface area contributed by atoms with Crippen molar-refractivity contribution in [3.05, 3.63) is 35.5 Å². The van der Waals surface area contributed by atoms with E-state index in [0.717, 1.165) is 24.2 Å². The van der Waals surface area contributed by atoms with Gasteiger partial charge in [0.25, 0.3) is 0 Å². The summed E-state index contributed by atoms with van der Waals surface area (Å²) in [4.78, 5) is 10.9. The number of thiazole rings is 1. The van der Waals surface area contributed by atoms with Crippen molar-refractivity contribution < 1.29 is 5.11 Å². The molecule has 0 radical (unpaired) electrons. The van der Waals surface area contributed by atoms with Gasteiger partial charge in [-0.05, 0) is 51.7 Å². The molecule has 4 heterocycles. The lowest BCUT2D eigenvalue weighted by Gasteiger charge is -2.45. The van der Waals surface area contributed by atoms with E-state index in [-0.39, 0.29) is 16.8 Å². The number of hydrogen-bond donors (Lipinski definition) is 2. The summed E-state index contributed by atoms with van der Waals surface area (Å²) < 4.78 is 0. The number of anilines is 1. The molecule has 2 aliphatic rings. The number of nitrogens with one attached hydrogen (secondary N) is 1. The Morgan fingerprint density at radius 3 is 2.56 bits per heavy atom. The number of hydrogen-bond acceptors (Lipinski definition) is 9. The number of nitriles is 1. The Bertz CT molecular complexity index is 1190. The molecule has 3 atom stereocenters. The molecule has 3 aromatic rings. The van der Waals surface area contributed by atoms with Crippen molar-refractivity contribution in [2.45, 2.75) is 56.7 Å². The molecule has 2 bridgehead atoms. The fourth-order valence-electron chi connectivity index (χ4n) is 5.15. The van der Waals surface area contributed by atoms with Crippen molar-refractivity contribution in [2.24, 2.45) is 0 Å². The zero-order chi connectivity index (χ0) is 22.5. The predicted octanol–water partition coefficient (Wildman–Crippen LogP) is 3.74. The maximum absolute atomic E-state index is 10.6. The Hall–Kier alpha value is -3.09. The van der Waals surface area contributed by atoms with Gasteiger partial charge in [-0.25, -0.2) is 9.97 Å². The molecule has 2 fully saturated rings. The normalized spacial score (nSPS) is 26.6. The van der Waals surface area contributed by atoms with Crippen LogP contribution in [0.3, 0.4) is 0 Å². The number of benzene rings is 1. The molecular weight excluding hydrogens is 422 g/mol. The number of nitrogens with zero attached hydrogens (tertiary/aromatic N) is 6. The van der Waals surface area contributed by atoms with E-state index in [2.05, 4.69) is 51.3 Å². The van der Waals surface area contributed by atoms with Crippen LogP contribution in [0, 0.1) is 11.3 Å². The quantitative estimate of drug-likeness (QED) is 0.622. The van der Waals surface area contributed by atoms with Crippen molar-refractivity contribution in [1.29, 1.82) is 5.26 Å².